The molecule has 1 aromatic carbocycles. The van der Waals surface area contributed by atoms with Crippen molar-refractivity contribution in [2.75, 3.05) is 5.73 Å². The summed E-state index contributed by atoms with van der Waals surface area (Å²) in [5, 5.41) is 0. The van der Waals surface area contributed by atoms with Gasteiger partial charge in [-0.3, -0.25) is 0 Å². The van der Waals surface area contributed by atoms with Crippen LogP contribution in [0.25, 0.3) is 11.0 Å². The molecule has 0 aliphatic carbocycles. The molecule has 2 rings (SSSR count). The summed E-state index contributed by atoms with van der Waals surface area (Å²) in [6.07, 6.45) is 1.71. The Labute approximate surface area is 87.2 Å². The van der Waals surface area contributed by atoms with E-state index in [4.69, 9.17) is 5.73 Å². The molecular weight excluding hydrogens is 193 g/mol. The van der Waals surface area contributed by atoms with Crippen molar-refractivity contribution in [1.29, 1.82) is 0 Å². The summed E-state index contributed by atoms with van der Waals surface area (Å²) < 4.78 is 13.0. The predicted octanol–water partition coefficient (Wildman–Crippen LogP) is 2.30. The lowest BCUT2D eigenvalue weighted by atomic mass is 10.2. The third-order valence-electron chi connectivity index (χ3n) is 2.22. The van der Waals surface area contributed by atoms with Gasteiger partial charge in [-0.1, -0.05) is 13.3 Å². The average molecular weight is 205 g/mol. The van der Waals surface area contributed by atoms with E-state index < -0.39 is 0 Å². The largest absolute Gasteiger partial charge is 0.382 e. The third kappa shape index (κ3) is 1.88. The third-order valence-corrected chi connectivity index (χ3v) is 2.22. The van der Waals surface area contributed by atoms with Crippen LogP contribution in [0.1, 0.15) is 19.0 Å². The number of nitrogens with zero attached hydrogens (tertiary/aromatic N) is 2. The number of halogens is 1. The Morgan fingerprint density at radius 3 is 2.80 bits per heavy atom. The Kier molecular flexibility index (Phi) is 2.49. The highest BCUT2D eigenvalue weighted by molar-refractivity contribution is 5.76. The first kappa shape index (κ1) is 9.83. The first-order chi connectivity index (χ1) is 7.20. The second kappa shape index (κ2) is 3.81. The summed E-state index contributed by atoms with van der Waals surface area (Å²) in [4.78, 5) is 8.48. The van der Waals surface area contributed by atoms with E-state index in [2.05, 4.69) is 9.97 Å². The van der Waals surface area contributed by atoms with Gasteiger partial charge in [0.15, 0.2) is 0 Å². The minimum absolute atomic E-state index is 0.302. The van der Waals surface area contributed by atoms with Gasteiger partial charge in [0.25, 0.3) is 0 Å². The van der Waals surface area contributed by atoms with E-state index in [9.17, 15) is 4.39 Å². The monoisotopic (exact) mass is 205 g/mol. The summed E-state index contributed by atoms with van der Waals surface area (Å²) >= 11 is 0. The Morgan fingerprint density at radius 2 is 2.07 bits per heavy atom. The van der Waals surface area contributed by atoms with Crippen LogP contribution >= 0.6 is 0 Å². The van der Waals surface area contributed by atoms with Gasteiger partial charge in [-0.25, -0.2) is 14.4 Å². The number of hydrogen-bond acceptors (Lipinski definition) is 3. The molecule has 1 heterocycles. The molecule has 0 saturated carbocycles. The van der Waals surface area contributed by atoms with E-state index >= 15 is 0 Å². The molecular formula is C11H12FN3. The lowest BCUT2D eigenvalue weighted by molar-refractivity contribution is 0.629. The van der Waals surface area contributed by atoms with Gasteiger partial charge < -0.3 is 5.73 Å². The van der Waals surface area contributed by atoms with Crippen molar-refractivity contribution in [2.45, 2.75) is 19.8 Å². The van der Waals surface area contributed by atoms with Crippen LogP contribution in [-0.4, -0.2) is 9.97 Å². The molecule has 0 spiro atoms. The SMILES string of the molecule is CCCc1nc2cc(F)ccc2nc1N. The maximum Gasteiger partial charge on any atom is 0.145 e. The van der Waals surface area contributed by atoms with Crippen molar-refractivity contribution in [3.63, 3.8) is 0 Å². The summed E-state index contributed by atoms with van der Waals surface area (Å²) in [5.74, 6) is 0.139. The van der Waals surface area contributed by atoms with Gasteiger partial charge in [-0.2, -0.15) is 0 Å². The maximum absolute atomic E-state index is 13.0. The number of anilines is 1. The molecule has 0 saturated heterocycles. The molecule has 0 radical (unpaired) electrons. The van der Waals surface area contributed by atoms with E-state index in [0.29, 0.717) is 16.9 Å². The fourth-order valence-electron chi connectivity index (χ4n) is 1.50. The van der Waals surface area contributed by atoms with E-state index in [1.165, 1.54) is 12.1 Å². The summed E-state index contributed by atoms with van der Waals surface area (Å²) in [7, 11) is 0. The molecule has 0 aliphatic heterocycles. The van der Waals surface area contributed by atoms with Crippen LogP contribution in [-0.2, 0) is 6.42 Å². The van der Waals surface area contributed by atoms with Crippen molar-refractivity contribution < 1.29 is 4.39 Å². The zero-order chi connectivity index (χ0) is 10.8. The van der Waals surface area contributed by atoms with Gasteiger partial charge in [-0.15, -0.1) is 0 Å². The van der Waals surface area contributed by atoms with Crippen molar-refractivity contribution in [3.8, 4) is 0 Å². The van der Waals surface area contributed by atoms with Crippen molar-refractivity contribution in [1.82, 2.24) is 9.97 Å². The van der Waals surface area contributed by atoms with Crippen LogP contribution in [0.2, 0.25) is 0 Å². The van der Waals surface area contributed by atoms with E-state index in [-0.39, 0.29) is 5.82 Å². The van der Waals surface area contributed by atoms with E-state index in [0.717, 1.165) is 18.5 Å². The average Bonchev–Trinajstić information content (AvgIpc) is 2.20. The Balaban J connectivity index is 2.61. The van der Waals surface area contributed by atoms with Gasteiger partial charge in [0.1, 0.15) is 11.6 Å². The minimum Gasteiger partial charge on any atom is -0.382 e. The first-order valence-corrected chi connectivity index (χ1v) is 4.92. The van der Waals surface area contributed by atoms with Gasteiger partial charge in [0.2, 0.25) is 0 Å². The number of nitrogens with two attached hydrogens (primary N) is 1. The second-order valence-electron chi connectivity index (χ2n) is 3.44. The van der Waals surface area contributed by atoms with Gasteiger partial charge in [0, 0.05) is 6.07 Å². The van der Waals surface area contributed by atoms with Crippen LogP contribution < -0.4 is 5.73 Å². The van der Waals surface area contributed by atoms with Crippen LogP contribution in [0.4, 0.5) is 10.2 Å². The first-order valence-electron chi connectivity index (χ1n) is 4.92. The minimum atomic E-state index is -0.302. The molecule has 2 N–H and O–H groups in total. The molecule has 15 heavy (non-hydrogen) atoms. The Hall–Kier alpha value is -1.71. The molecule has 0 bridgehead atoms. The summed E-state index contributed by atoms with van der Waals surface area (Å²) in [6, 6.07) is 4.32. The van der Waals surface area contributed by atoms with Gasteiger partial charge in [-0.05, 0) is 18.6 Å². The molecule has 78 valence electrons. The lowest BCUT2D eigenvalue weighted by Crippen LogP contribution is -2.01. The molecule has 2 aromatic rings. The highest BCUT2D eigenvalue weighted by Gasteiger charge is 2.05. The molecule has 0 fully saturated rings. The fourth-order valence-corrected chi connectivity index (χ4v) is 1.50. The quantitative estimate of drug-likeness (QED) is 0.818. The molecule has 3 nitrogen and oxygen atoms in total. The Bertz CT molecular complexity index is 496. The number of nitrogen functional groups attached to an aromatic ring is 1. The zero-order valence-corrected chi connectivity index (χ0v) is 8.50. The zero-order valence-electron chi connectivity index (χ0n) is 8.50. The topological polar surface area (TPSA) is 51.8 Å². The van der Waals surface area contributed by atoms with E-state index in [1.807, 2.05) is 6.92 Å². The van der Waals surface area contributed by atoms with Crippen LogP contribution in [0.15, 0.2) is 18.2 Å². The van der Waals surface area contributed by atoms with Gasteiger partial charge >= 0.3 is 0 Å². The number of benzene rings is 1. The number of rotatable bonds is 2. The molecule has 0 atom stereocenters. The van der Waals surface area contributed by atoms with Crippen molar-refractivity contribution >= 4 is 16.9 Å². The maximum atomic E-state index is 13.0. The molecule has 0 aliphatic rings. The predicted molar refractivity (Wildman–Crippen MR) is 57.9 cm³/mol. The summed E-state index contributed by atoms with van der Waals surface area (Å²) in [6.45, 7) is 2.04. The van der Waals surface area contributed by atoms with Crippen LogP contribution in [0, 0.1) is 5.82 Å². The van der Waals surface area contributed by atoms with Gasteiger partial charge in [0.05, 0.1) is 16.7 Å². The van der Waals surface area contributed by atoms with Crippen LogP contribution in [0.5, 0.6) is 0 Å². The highest BCUT2D eigenvalue weighted by Crippen LogP contribution is 2.16. The van der Waals surface area contributed by atoms with E-state index in [1.54, 1.807) is 6.07 Å². The van der Waals surface area contributed by atoms with Crippen molar-refractivity contribution in [2.24, 2.45) is 0 Å². The molecule has 4 heteroatoms. The Morgan fingerprint density at radius 1 is 1.27 bits per heavy atom. The molecule has 0 amide bonds. The normalized spacial score (nSPS) is 10.8. The second-order valence-corrected chi connectivity index (χ2v) is 3.44. The molecule has 0 unspecified atom stereocenters. The van der Waals surface area contributed by atoms with Crippen molar-refractivity contribution in [3.05, 3.63) is 29.7 Å². The number of aryl methyl sites for hydroxylation is 1. The highest BCUT2D eigenvalue weighted by atomic mass is 19.1. The number of aromatic nitrogens is 2. The van der Waals surface area contributed by atoms with Crippen LogP contribution in [0.3, 0.4) is 0 Å². The lowest BCUT2D eigenvalue weighted by Gasteiger charge is -2.04. The number of hydrogen-bond donors (Lipinski definition) is 1. The number of fused-ring (bicyclic) bond motifs is 1. The molecule has 1 aromatic heterocycles. The smallest absolute Gasteiger partial charge is 0.145 e. The summed E-state index contributed by atoms with van der Waals surface area (Å²) in [5.41, 5.74) is 7.69. The standard InChI is InChI=1S/C11H12FN3/c1-2-3-9-11(13)15-8-5-4-7(12)6-10(8)14-9/h4-6H,2-3H2,1H3,(H2,13,15). The fraction of sp³-hybridized carbons (Fsp3) is 0.273.